The molecule has 2 aromatic rings. The van der Waals surface area contributed by atoms with Gasteiger partial charge in [-0.2, -0.15) is 0 Å². The van der Waals surface area contributed by atoms with Crippen molar-refractivity contribution < 1.29 is 73.8 Å². The highest BCUT2D eigenvalue weighted by Crippen LogP contribution is 2.44. The van der Waals surface area contributed by atoms with Gasteiger partial charge in [-0.05, 0) is 22.3 Å². The van der Waals surface area contributed by atoms with Crippen LogP contribution in [0.1, 0.15) is 24.0 Å². The molecule has 268 valence electrons. The van der Waals surface area contributed by atoms with Crippen LogP contribution < -0.4 is 10.6 Å². The molecule has 2 fully saturated rings. The van der Waals surface area contributed by atoms with Gasteiger partial charge in [-0.1, -0.05) is 48.5 Å². The zero-order valence-electron chi connectivity index (χ0n) is 26.3. The molecule has 49 heavy (non-hydrogen) atoms. The summed E-state index contributed by atoms with van der Waals surface area (Å²) in [7, 11) is 0. The highest BCUT2D eigenvalue weighted by atomic mass is 16.7. The number of hydrogen-bond acceptors (Lipinski definition) is 14. The highest BCUT2D eigenvalue weighted by Gasteiger charge is 2.51. The molecule has 5 rings (SSSR count). The van der Waals surface area contributed by atoms with Crippen molar-refractivity contribution in [1.29, 1.82) is 0 Å². The second-order valence-electron chi connectivity index (χ2n) is 11.9. The SMILES string of the molecule is CC(=O)N[C@H]1[C@@H](OC[C@H](NC(=O)OCC2c3ccccc3-c3ccccc32)C(=O)O)O[C@H](CO)[C@H](O)[C@@H]1O[C@@H]1O[C@H](CO)[C@H](O)[C@H](O)[C@H]1O. The number of carbonyl (C=O) groups excluding carboxylic acids is 2. The Bertz CT molecular complexity index is 1430. The first-order chi connectivity index (χ1) is 23.4. The van der Waals surface area contributed by atoms with Crippen LogP contribution in [0.4, 0.5) is 4.79 Å². The van der Waals surface area contributed by atoms with Gasteiger partial charge in [0.1, 0.15) is 55.4 Å². The average molecular weight is 693 g/mol. The maximum Gasteiger partial charge on any atom is 0.407 e. The monoisotopic (exact) mass is 692 g/mol. The molecule has 0 radical (unpaired) electrons. The summed E-state index contributed by atoms with van der Waals surface area (Å²) in [5, 5.41) is 75.7. The lowest BCUT2D eigenvalue weighted by Gasteiger charge is -2.47. The summed E-state index contributed by atoms with van der Waals surface area (Å²) in [5.74, 6) is -2.46. The first-order valence-electron chi connectivity index (χ1n) is 15.6. The zero-order chi connectivity index (χ0) is 35.4. The first kappa shape index (κ1) is 36.5. The van der Waals surface area contributed by atoms with E-state index in [9.17, 15) is 50.1 Å². The second kappa shape index (κ2) is 15.9. The maximum absolute atomic E-state index is 12.8. The molecule has 17 heteroatoms. The van der Waals surface area contributed by atoms with E-state index < -0.39 is 105 Å². The van der Waals surface area contributed by atoms with Crippen molar-refractivity contribution in [3.05, 3.63) is 59.7 Å². The Morgan fingerprint density at radius 2 is 1.39 bits per heavy atom. The molecule has 0 bridgehead atoms. The molecule has 2 heterocycles. The number of carboxylic acid groups (broad SMARTS) is 1. The Morgan fingerprint density at radius 1 is 0.816 bits per heavy atom. The van der Waals surface area contributed by atoms with E-state index in [-0.39, 0.29) is 12.5 Å². The number of carboxylic acids is 1. The summed E-state index contributed by atoms with van der Waals surface area (Å²) in [6, 6.07) is 12.2. The third kappa shape index (κ3) is 7.86. The van der Waals surface area contributed by atoms with E-state index in [0.29, 0.717) is 0 Å². The lowest BCUT2D eigenvalue weighted by Crippen LogP contribution is -2.68. The summed E-state index contributed by atoms with van der Waals surface area (Å²) < 4.78 is 27.8. The molecular formula is C32H40N2O15. The predicted molar refractivity (Wildman–Crippen MR) is 164 cm³/mol. The van der Waals surface area contributed by atoms with Crippen LogP contribution in [-0.4, -0.2) is 148 Å². The molecule has 17 nitrogen and oxygen atoms in total. The van der Waals surface area contributed by atoms with Gasteiger partial charge in [0.05, 0.1) is 19.8 Å². The number of amides is 2. The molecule has 1 aliphatic carbocycles. The van der Waals surface area contributed by atoms with Crippen LogP contribution in [0.15, 0.2) is 48.5 Å². The van der Waals surface area contributed by atoms with Crippen molar-refractivity contribution in [2.24, 2.45) is 0 Å². The number of aliphatic carboxylic acids is 1. The number of benzene rings is 2. The van der Waals surface area contributed by atoms with E-state index in [2.05, 4.69) is 10.6 Å². The second-order valence-corrected chi connectivity index (χ2v) is 11.9. The highest BCUT2D eigenvalue weighted by molar-refractivity contribution is 5.81. The van der Waals surface area contributed by atoms with Crippen LogP contribution in [0.25, 0.3) is 11.1 Å². The van der Waals surface area contributed by atoms with Crippen molar-refractivity contribution in [2.45, 2.75) is 80.2 Å². The Morgan fingerprint density at radius 3 is 1.96 bits per heavy atom. The van der Waals surface area contributed by atoms with Gasteiger partial charge in [0.2, 0.25) is 5.91 Å². The van der Waals surface area contributed by atoms with Gasteiger partial charge in [-0.25, -0.2) is 9.59 Å². The van der Waals surface area contributed by atoms with Crippen LogP contribution in [-0.2, 0) is 33.3 Å². The van der Waals surface area contributed by atoms with Gasteiger partial charge in [-0.3, -0.25) is 4.79 Å². The summed E-state index contributed by atoms with van der Waals surface area (Å²) in [6.07, 6.45) is -15.9. The molecule has 2 saturated heterocycles. The number of hydrogen-bond donors (Lipinski definition) is 9. The molecule has 0 spiro atoms. The van der Waals surface area contributed by atoms with Crippen LogP contribution >= 0.6 is 0 Å². The summed E-state index contributed by atoms with van der Waals surface area (Å²) in [5.41, 5.74) is 3.92. The van der Waals surface area contributed by atoms with Crippen LogP contribution in [0.3, 0.4) is 0 Å². The number of aliphatic hydroxyl groups excluding tert-OH is 6. The van der Waals surface area contributed by atoms with E-state index in [0.717, 1.165) is 29.2 Å². The topological polar surface area (TPSA) is 263 Å². The number of nitrogens with one attached hydrogen (secondary N) is 2. The van der Waals surface area contributed by atoms with Crippen molar-refractivity contribution in [1.82, 2.24) is 10.6 Å². The van der Waals surface area contributed by atoms with E-state index in [1.807, 2.05) is 48.5 Å². The van der Waals surface area contributed by atoms with Crippen LogP contribution in [0, 0.1) is 0 Å². The number of aliphatic hydroxyl groups is 6. The largest absolute Gasteiger partial charge is 0.480 e. The fourth-order valence-corrected chi connectivity index (χ4v) is 6.24. The molecular weight excluding hydrogens is 652 g/mol. The van der Waals surface area contributed by atoms with E-state index in [4.69, 9.17) is 23.7 Å². The lowest BCUT2D eigenvalue weighted by atomic mass is 9.95. The van der Waals surface area contributed by atoms with Gasteiger partial charge in [0.25, 0.3) is 0 Å². The van der Waals surface area contributed by atoms with Gasteiger partial charge in [-0.15, -0.1) is 0 Å². The molecule has 9 N–H and O–H groups in total. The number of rotatable bonds is 12. The average Bonchev–Trinajstić information content (AvgIpc) is 3.41. The maximum atomic E-state index is 12.8. The van der Waals surface area contributed by atoms with Crippen LogP contribution in [0.5, 0.6) is 0 Å². The third-order valence-corrected chi connectivity index (χ3v) is 8.72. The standard InChI is InChI=1S/C32H40N2O15/c1-14(37)33-23-28(49-31-27(41)26(40)24(38)21(10-35)48-31)25(39)22(11-36)47-30(23)45-13-20(29(42)43)34-32(44)46-12-19-17-8-4-2-6-15(17)16-7-3-5-9-18(16)19/h2-9,19-28,30-31,35-36,38-41H,10-13H2,1H3,(H,33,37)(H,34,44)(H,42,43)/t20-,21+,22+,23+,24-,25-,26-,27+,28+,30-,31-/m0/s1. The Kier molecular flexibility index (Phi) is 11.8. The van der Waals surface area contributed by atoms with Crippen molar-refractivity contribution >= 4 is 18.0 Å². The first-order valence-corrected chi connectivity index (χ1v) is 15.6. The van der Waals surface area contributed by atoms with E-state index in [1.165, 1.54) is 0 Å². The van der Waals surface area contributed by atoms with Crippen molar-refractivity contribution in [3.8, 4) is 11.1 Å². The Labute approximate surface area is 279 Å². The Balaban J connectivity index is 1.26. The predicted octanol–water partition coefficient (Wildman–Crippen LogP) is -2.24. The fraction of sp³-hybridized carbons (Fsp3) is 0.531. The normalized spacial score (nSPS) is 31.7. The molecule has 0 aromatic heterocycles. The van der Waals surface area contributed by atoms with Gasteiger partial charge >= 0.3 is 12.1 Å². The summed E-state index contributed by atoms with van der Waals surface area (Å²) >= 11 is 0. The number of alkyl carbamates (subject to hydrolysis) is 1. The molecule has 0 saturated carbocycles. The quantitative estimate of drug-likeness (QED) is 0.114. The molecule has 2 amide bonds. The molecule has 3 aliphatic rings. The van der Waals surface area contributed by atoms with E-state index >= 15 is 0 Å². The third-order valence-electron chi connectivity index (χ3n) is 8.72. The minimum atomic E-state index is -1.88. The molecule has 11 atom stereocenters. The smallest absolute Gasteiger partial charge is 0.407 e. The van der Waals surface area contributed by atoms with Gasteiger partial charge in [0.15, 0.2) is 18.6 Å². The number of ether oxygens (including phenoxy) is 5. The zero-order valence-corrected chi connectivity index (χ0v) is 26.3. The summed E-state index contributed by atoms with van der Waals surface area (Å²) in [6.45, 7) is -1.29. The molecule has 2 aliphatic heterocycles. The van der Waals surface area contributed by atoms with Gasteiger partial charge < -0.3 is 70.1 Å². The minimum Gasteiger partial charge on any atom is -0.480 e. The van der Waals surface area contributed by atoms with Crippen LogP contribution in [0.2, 0.25) is 0 Å². The lowest BCUT2D eigenvalue weighted by molar-refractivity contribution is -0.345. The summed E-state index contributed by atoms with van der Waals surface area (Å²) in [4.78, 5) is 37.1. The molecule has 2 aromatic carbocycles. The number of carbonyl (C=O) groups is 3. The van der Waals surface area contributed by atoms with Crippen molar-refractivity contribution in [3.63, 3.8) is 0 Å². The molecule has 0 unspecified atom stereocenters. The van der Waals surface area contributed by atoms with E-state index in [1.54, 1.807) is 0 Å². The van der Waals surface area contributed by atoms with Crippen molar-refractivity contribution in [2.75, 3.05) is 26.4 Å². The number of fused-ring (bicyclic) bond motifs is 3. The Hall–Kier alpha value is -3.75. The van der Waals surface area contributed by atoms with Gasteiger partial charge in [0, 0.05) is 12.8 Å². The minimum absolute atomic E-state index is 0.0869. The fourth-order valence-electron chi connectivity index (χ4n) is 6.24.